The van der Waals surface area contributed by atoms with Crippen molar-refractivity contribution in [2.75, 3.05) is 18.1 Å². The molecule has 4 nitrogen and oxygen atoms in total. The Kier molecular flexibility index (Phi) is 5.25. The third-order valence-electron chi connectivity index (χ3n) is 2.88. The van der Waals surface area contributed by atoms with Gasteiger partial charge in [-0.2, -0.15) is 0 Å². The van der Waals surface area contributed by atoms with E-state index in [1.54, 1.807) is 30.1 Å². The molecule has 21 heavy (non-hydrogen) atoms. The summed E-state index contributed by atoms with van der Waals surface area (Å²) in [6.45, 7) is 2.87. The Morgan fingerprint density at radius 2 is 1.90 bits per heavy atom. The summed E-state index contributed by atoms with van der Waals surface area (Å²) in [7, 11) is -3.13. The normalized spacial score (nSPS) is 11.3. The average Bonchev–Trinajstić information content (AvgIpc) is 2.46. The number of rotatable bonds is 6. The van der Waals surface area contributed by atoms with Crippen molar-refractivity contribution in [3.05, 3.63) is 48.2 Å². The molecule has 0 amide bonds. The predicted molar refractivity (Wildman–Crippen MR) is 87.5 cm³/mol. The summed E-state index contributed by atoms with van der Waals surface area (Å²) >= 11 is 1.66. The van der Waals surface area contributed by atoms with Crippen LogP contribution in [0.25, 0.3) is 0 Å². The topological polar surface area (TPSA) is 59.1 Å². The summed E-state index contributed by atoms with van der Waals surface area (Å²) in [6, 6.07) is 10.9. The number of hydrogen-bond acceptors (Lipinski definition) is 5. The zero-order valence-electron chi connectivity index (χ0n) is 12.0. The fourth-order valence-corrected chi connectivity index (χ4v) is 3.34. The second kappa shape index (κ2) is 6.95. The minimum absolute atomic E-state index is 0.349. The summed E-state index contributed by atoms with van der Waals surface area (Å²) in [6.07, 6.45) is 2.99. The summed E-state index contributed by atoms with van der Waals surface area (Å²) in [4.78, 5) is 5.71. The third kappa shape index (κ3) is 4.47. The van der Waals surface area contributed by atoms with Crippen LogP contribution in [0, 0.1) is 0 Å². The molecule has 112 valence electrons. The molecular weight excluding hydrogens is 304 g/mol. The average molecular weight is 322 g/mol. The summed E-state index contributed by atoms with van der Waals surface area (Å²) in [5, 5.41) is 3.24. The van der Waals surface area contributed by atoms with Gasteiger partial charge in [0.05, 0.1) is 4.90 Å². The SMILES string of the molecule is CCNc1ncccc1CSc1ccc(S(C)(=O)=O)cc1. The van der Waals surface area contributed by atoms with Crippen molar-refractivity contribution in [3.8, 4) is 0 Å². The zero-order chi connectivity index (χ0) is 15.3. The van der Waals surface area contributed by atoms with Crippen molar-refractivity contribution in [3.63, 3.8) is 0 Å². The third-order valence-corrected chi connectivity index (χ3v) is 5.07. The molecule has 0 spiro atoms. The number of hydrogen-bond donors (Lipinski definition) is 1. The molecule has 6 heteroatoms. The van der Waals surface area contributed by atoms with Gasteiger partial charge in [-0.25, -0.2) is 13.4 Å². The van der Waals surface area contributed by atoms with Gasteiger partial charge in [0.15, 0.2) is 9.84 Å². The van der Waals surface area contributed by atoms with Crippen LogP contribution in [0.5, 0.6) is 0 Å². The van der Waals surface area contributed by atoms with Crippen LogP contribution in [-0.4, -0.2) is 26.2 Å². The maximum Gasteiger partial charge on any atom is 0.175 e. The van der Waals surface area contributed by atoms with Gasteiger partial charge in [0, 0.05) is 35.2 Å². The van der Waals surface area contributed by atoms with E-state index in [4.69, 9.17) is 0 Å². The molecule has 0 bridgehead atoms. The van der Waals surface area contributed by atoms with E-state index in [1.807, 2.05) is 31.2 Å². The molecule has 1 N–H and O–H groups in total. The van der Waals surface area contributed by atoms with Crippen molar-refractivity contribution >= 4 is 27.4 Å². The van der Waals surface area contributed by atoms with E-state index in [1.165, 1.54) is 6.26 Å². The lowest BCUT2D eigenvalue weighted by Gasteiger charge is -2.09. The number of nitrogens with one attached hydrogen (secondary N) is 1. The molecule has 0 atom stereocenters. The van der Waals surface area contributed by atoms with Crippen molar-refractivity contribution < 1.29 is 8.42 Å². The summed E-state index contributed by atoms with van der Waals surface area (Å²) < 4.78 is 22.8. The first-order chi connectivity index (χ1) is 10.0. The first-order valence-electron chi connectivity index (χ1n) is 6.61. The van der Waals surface area contributed by atoms with Gasteiger partial charge in [-0.05, 0) is 37.3 Å². The van der Waals surface area contributed by atoms with Crippen LogP contribution < -0.4 is 5.32 Å². The van der Waals surface area contributed by atoms with Crippen LogP contribution in [0.2, 0.25) is 0 Å². The number of pyridine rings is 1. The lowest BCUT2D eigenvalue weighted by Crippen LogP contribution is -2.02. The molecule has 0 fully saturated rings. The van der Waals surface area contributed by atoms with Crippen LogP contribution in [0.15, 0.2) is 52.4 Å². The van der Waals surface area contributed by atoms with Crippen molar-refractivity contribution in [1.29, 1.82) is 0 Å². The smallest absolute Gasteiger partial charge is 0.175 e. The van der Waals surface area contributed by atoms with Crippen LogP contribution in [0.1, 0.15) is 12.5 Å². The highest BCUT2D eigenvalue weighted by molar-refractivity contribution is 7.98. The van der Waals surface area contributed by atoms with Gasteiger partial charge in [-0.3, -0.25) is 0 Å². The molecule has 0 saturated carbocycles. The van der Waals surface area contributed by atoms with E-state index in [-0.39, 0.29) is 0 Å². The Morgan fingerprint density at radius 3 is 2.52 bits per heavy atom. The van der Waals surface area contributed by atoms with E-state index in [0.29, 0.717) is 4.90 Å². The first kappa shape index (κ1) is 15.9. The van der Waals surface area contributed by atoms with Crippen molar-refractivity contribution in [2.45, 2.75) is 22.5 Å². The molecule has 0 aliphatic heterocycles. The highest BCUT2D eigenvalue weighted by Crippen LogP contribution is 2.26. The largest absolute Gasteiger partial charge is 0.370 e. The summed E-state index contributed by atoms with van der Waals surface area (Å²) in [5.74, 6) is 1.69. The zero-order valence-corrected chi connectivity index (χ0v) is 13.7. The lowest BCUT2D eigenvalue weighted by molar-refractivity contribution is 0.602. The first-order valence-corrected chi connectivity index (χ1v) is 9.49. The van der Waals surface area contributed by atoms with Crippen LogP contribution in [0.3, 0.4) is 0 Å². The number of nitrogens with zero attached hydrogens (tertiary/aromatic N) is 1. The highest BCUT2D eigenvalue weighted by Gasteiger charge is 2.07. The Bertz CT molecular complexity index is 698. The number of anilines is 1. The van der Waals surface area contributed by atoms with Gasteiger partial charge in [-0.1, -0.05) is 6.07 Å². The van der Waals surface area contributed by atoms with E-state index < -0.39 is 9.84 Å². The van der Waals surface area contributed by atoms with E-state index >= 15 is 0 Å². The summed E-state index contributed by atoms with van der Waals surface area (Å²) in [5.41, 5.74) is 1.14. The quantitative estimate of drug-likeness (QED) is 0.828. The Morgan fingerprint density at radius 1 is 1.19 bits per heavy atom. The molecule has 2 rings (SSSR count). The molecular formula is C15H18N2O2S2. The Balaban J connectivity index is 2.07. The number of aromatic nitrogens is 1. The second-order valence-electron chi connectivity index (χ2n) is 4.57. The van der Waals surface area contributed by atoms with Gasteiger partial charge in [0.1, 0.15) is 5.82 Å². The van der Waals surface area contributed by atoms with Gasteiger partial charge in [0.2, 0.25) is 0 Å². The van der Waals surface area contributed by atoms with Crippen LogP contribution >= 0.6 is 11.8 Å². The van der Waals surface area contributed by atoms with Gasteiger partial charge in [0.25, 0.3) is 0 Å². The van der Waals surface area contributed by atoms with E-state index in [0.717, 1.165) is 28.6 Å². The van der Waals surface area contributed by atoms with Gasteiger partial charge < -0.3 is 5.32 Å². The Hall–Kier alpha value is -1.53. The molecule has 0 radical (unpaired) electrons. The number of thioether (sulfide) groups is 1. The predicted octanol–water partition coefficient (Wildman–Crippen LogP) is 3.21. The van der Waals surface area contributed by atoms with Crippen LogP contribution in [-0.2, 0) is 15.6 Å². The van der Waals surface area contributed by atoms with Crippen molar-refractivity contribution in [2.24, 2.45) is 0 Å². The highest BCUT2D eigenvalue weighted by atomic mass is 32.2. The number of benzene rings is 1. The molecule has 0 aliphatic rings. The number of sulfone groups is 1. The fourth-order valence-electron chi connectivity index (χ4n) is 1.83. The molecule has 0 aliphatic carbocycles. The molecule has 1 aromatic heterocycles. The monoisotopic (exact) mass is 322 g/mol. The van der Waals surface area contributed by atoms with E-state index in [9.17, 15) is 8.42 Å². The van der Waals surface area contributed by atoms with Gasteiger partial charge in [-0.15, -0.1) is 11.8 Å². The molecule has 2 aromatic rings. The second-order valence-corrected chi connectivity index (χ2v) is 7.64. The molecule has 1 aromatic carbocycles. The maximum atomic E-state index is 11.4. The maximum absolute atomic E-state index is 11.4. The molecule has 1 heterocycles. The minimum atomic E-state index is -3.13. The van der Waals surface area contributed by atoms with Crippen molar-refractivity contribution in [1.82, 2.24) is 4.98 Å². The molecule has 0 saturated heterocycles. The molecule has 0 unspecified atom stereocenters. The van der Waals surface area contributed by atoms with Crippen LogP contribution in [0.4, 0.5) is 5.82 Å². The minimum Gasteiger partial charge on any atom is -0.370 e. The van der Waals surface area contributed by atoms with Gasteiger partial charge >= 0.3 is 0 Å². The lowest BCUT2D eigenvalue weighted by atomic mass is 10.3. The Labute approximate surface area is 129 Å². The van der Waals surface area contributed by atoms with E-state index in [2.05, 4.69) is 10.3 Å². The fraction of sp³-hybridized carbons (Fsp3) is 0.267. The standard InChI is InChI=1S/C15H18N2O2S2/c1-3-16-15-12(5-4-10-17-15)11-20-13-6-8-14(9-7-13)21(2,18)19/h4-10H,3,11H2,1-2H3,(H,16,17).